The van der Waals surface area contributed by atoms with E-state index in [1.165, 1.54) is 37.4 Å². The Kier molecular flexibility index (Phi) is 6.63. The van der Waals surface area contributed by atoms with Crippen molar-refractivity contribution in [1.82, 2.24) is 0 Å². The van der Waals surface area contributed by atoms with E-state index in [4.69, 9.17) is 18.6 Å². The van der Waals surface area contributed by atoms with Crippen molar-refractivity contribution in [3.8, 4) is 23.0 Å². The summed E-state index contributed by atoms with van der Waals surface area (Å²) in [5.41, 5.74) is -1.58. The van der Waals surface area contributed by atoms with Gasteiger partial charge in [0.2, 0.25) is 11.2 Å². The summed E-state index contributed by atoms with van der Waals surface area (Å²) in [6.45, 7) is -0.555. The zero-order valence-corrected chi connectivity index (χ0v) is 18.2. The van der Waals surface area contributed by atoms with Crippen molar-refractivity contribution in [2.24, 2.45) is 0 Å². The van der Waals surface area contributed by atoms with Crippen molar-refractivity contribution >= 4 is 22.6 Å². The first-order chi connectivity index (χ1) is 16.7. The quantitative estimate of drug-likeness (QED) is 0.365. The Morgan fingerprint density at radius 2 is 1.66 bits per heavy atom. The number of carbonyl (C=O) groups is 1. The topological polar surface area (TPSA) is 87.0 Å². The van der Waals surface area contributed by atoms with E-state index in [9.17, 15) is 22.8 Å². The Balaban J connectivity index is 1.44. The summed E-state index contributed by atoms with van der Waals surface area (Å²) in [7, 11) is 1.53. The summed E-state index contributed by atoms with van der Waals surface area (Å²) in [5.74, 6) is 0.415. The number of benzene rings is 3. The molecule has 7 nitrogen and oxygen atoms in total. The van der Waals surface area contributed by atoms with Gasteiger partial charge in [-0.2, -0.15) is 13.2 Å². The molecule has 0 aliphatic rings. The van der Waals surface area contributed by atoms with Gasteiger partial charge in [-0.25, -0.2) is 0 Å². The van der Waals surface area contributed by atoms with Crippen LogP contribution in [0.2, 0.25) is 0 Å². The fraction of sp³-hybridized carbons (Fsp3) is 0.120. The lowest BCUT2D eigenvalue weighted by molar-refractivity contribution is -0.137. The standard InChI is InChI=1S/C25H18F3NO6/c1-32-15-6-8-16(9-7-15)35-22-13-34-21-12-17(10-11-18(21)24(22)31)33-14-23(30)29-20-5-3-2-4-19(20)25(26,27)28/h2-13H,14H2,1H3,(H,29,30). The molecule has 0 spiro atoms. The smallest absolute Gasteiger partial charge is 0.418 e. The Bertz CT molecular complexity index is 1410. The molecule has 0 saturated carbocycles. The van der Waals surface area contributed by atoms with Gasteiger partial charge in [0.25, 0.3) is 5.91 Å². The first kappa shape index (κ1) is 23.7. The summed E-state index contributed by atoms with van der Waals surface area (Å²) < 4.78 is 60.7. The maximum absolute atomic E-state index is 13.1. The van der Waals surface area contributed by atoms with Crippen LogP contribution in [0.3, 0.4) is 0 Å². The lowest BCUT2D eigenvalue weighted by Gasteiger charge is -2.14. The highest BCUT2D eigenvalue weighted by molar-refractivity contribution is 5.92. The number of hydrogen-bond donors (Lipinski definition) is 1. The van der Waals surface area contributed by atoms with Crippen molar-refractivity contribution in [3.05, 3.63) is 88.8 Å². The number of anilines is 1. The molecule has 0 atom stereocenters. The molecule has 0 fully saturated rings. The monoisotopic (exact) mass is 485 g/mol. The van der Waals surface area contributed by atoms with E-state index in [0.717, 1.165) is 18.4 Å². The third-order valence-electron chi connectivity index (χ3n) is 4.88. The van der Waals surface area contributed by atoms with Gasteiger partial charge in [0, 0.05) is 6.07 Å². The number of carbonyl (C=O) groups excluding carboxylic acids is 1. The summed E-state index contributed by atoms with van der Waals surface area (Å²) in [6.07, 6.45) is -3.46. The van der Waals surface area contributed by atoms with Gasteiger partial charge < -0.3 is 23.9 Å². The fourth-order valence-corrected chi connectivity index (χ4v) is 3.20. The highest BCUT2D eigenvalue weighted by Crippen LogP contribution is 2.34. The van der Waals surface area contributed by atoms with Crippen LogP contribution < -0.4 is 25.0 Å². The van der Waals surface area contributed by atoms with E-state index in [0.29, 0.717) is 11.5 Å². The largest absolute Gasteiger partial charge is 0.497 e. The lowest BCUT2D eigenvalue weighted by Crippen LogP contribution is -2.22. The van der Waals surface area contributed by atoms with Crippen LogP contribution >= 0.6 is 0 Å². The number of halogens is 3. The van der Waals surface area contributed by atoms with E-state index < -0.39 is 29.7 Å². The summed E-state index contributed by atoms with van der Waals surface area (Å²) in [6, 6.07) is 15.5. The minimum absolute atomic E-state index is 0.0287. The highest BCUT2D eigenvalue weighted by Gasteiger charge is 2.33. The number of ether oxygens (including phenoxy) is 3. The molecule has 0 radical (unpaired) electrons. The molecule has 0 saturated heterocycles. The summed E-state index contributed by atoms with van der Waals surface area (Å²) in [4.78, 5) is 24.9. The van der Waals surface area contributed by atoms with Crippen molar-refractivity contribution in [2.75, 3.05) is 19.0 Å². The number of amides is 1. The highest BCUT2D eigenvalue weighted by atomic mass is 19.4. The van der Waals surface area contributed by atoms with Crippen molar-refractivity contribution < 1.29 is 36.6 Å². The third kappa shape index (κ3) is 5.55. The molecular weight excluding hydrogens is 467 g/mol. The van der Waals surface area contributed by atoms with E-state index in [2.05, 4.69) is 5.32 Å². The van der Waals surface area contributed by atoms with Crippen LogP contribution in [0.15, 0.2) is 82.2 Å². The van der Waals surface area contributed by atoms with Gasteiger partial charge in [-0.3, -0.25) is 9.59 Å². The van der Waals surface area contributed by atoms with Gasteiger partial charge >= 0.3 is 6.18 Å². The fourth-order valence-electron chi connectivity index (χ4n) is 3.20. The Morgan fingerprint density at radius 1 is 0.971 bits per heavy atom. The van der Waals surface area contributed by atoms with Gasteiger partial charge in [-0.15, -0.1) is 0 Å². The Labute approximate surface area is 196 Å². The normalized spacial score (nSPS) is 11.2. The molecule has 1 aromatic heterocycles. The van der Waals surface area contributed by atoms with Gasteiger partial charge in [-0.05, 0) is 48.5 Å². The first-order valence-electron chi connectivity index (χ1n) is 10.2. The molecule has 0 bridgehead atoms. The van der Waals surface area contributed by atoms with Crippen LogP contribution in [-0.4, -0.2) is 19.6 Å². The second-order valence-corrected chi connectivity index (χ2v) is 7.24. The molecule has 1 heterocycles. The number of hydrogen-bond acceptors (Lipinski definition) is 6. The third-order valence-corrected chi connectivity index (χ3v) is 4.88. The van der Waals surface area contributed by atoms with Gasteiger partial charge in [0.05, 0.1) is 23.7 Å². The maximum Gasteiger partial charge on any atom is 0.418 e. The average molecular weight is 485 g/mol. The molecule has 1 N–H and O–H groups in total. The van der Waals surface area contributed by atoms with Gasteiger partial charge in [0.15, 0.2) is 6.61 Å². The Hall–Kier alpha value is -4.47. The van der Waals surface area contributed by atoms with E-state index in [-0.39, 0.29) is 28.2 Å². The molecule has 0 unspecified atom stereocenters. The van der Waals surface area contributed by atoms with Crippen LogP contribution in [0, 0.1) is 0 Å². The predicted molar refractivity (Wildman–Crippen MR) is 121 cm³/mol. The van der Waals surface area contributed by atoms with E-state index >= 15 is 0 Å². The summed E-state index contributed by atoms with van der Waals surface area (Å²) in [5, 5.41) is 2.40. The molecule has 10 heteroatoms. The lowest BCUT2D eigenvalue weighted by atomic mass is 10.1. The van der Waals surface area contributed by atoms with Crippen molar-refractivity contribution in [1.29, 1.82) is 0 Å². The van der Waals surface area contributed by atoms with Crippen molar-refractivity contribution in [2.45, 2.75) is 6.18 Å². The SMILES string of the molecule is COc1ccc(Oc2coc3cc(OCC(=O)Nc4ccccc4C(F)(F)F)ccc3c2=O)cc1. The van der Waals surface area contributed by atoms with Crippen LogP contribution in [0.5, 0.6) is 23.0 Å². The van der Waals surface area contributed by atoms with Gasteiger partial charge in [-0.1, -0.05) is 12.1 Å². The molecule has 1 amide bonds. The van der Waals surface area contributed by atoms with Gasteiger partial charge in [0.1, 0.15) is 29.1 Å². The molecule has 0 aliphatic carbocycles. The van der Waals surface area contributed by atoms with E-state index in [1.807, 2.05) is 0 Å². The number of para-hydroxylation sites is 1. The minimum Gasteiger partial charge on any atom is -0.497 e. The van der Waals surface area contributed by atoms with Crippen molar-refractivity contribution in [3.63, 3.8) is 0 Å². The maximum atomic E-state index is 13.1. The molecule has 4 rings (SSSR count). The number of alkyl halides is 3. The zero-order valence-electron chi connectivity index (χ0n) is 18.2. The van der Waals surface area contributed by atoms with Crippen LogP contribution in [0.4, 0.5) is 18.9 Å². The molecule has 0 aliphatic heterocycles. The zero-order chi connectivity index (χ0) is 25.0. The molecule has 180 valence electrons. The molecule has 3 aromatic carbocycles. The summed E-state index contributed by atoms with van der Waals surface area (Å²) >= 11 is 0. The molecule has 35 heavy (non-hydrogen) atoms. The molecular formula is C25H18F3NO6. The number of nitrogens with one attached hydrogen (secondary N) is 1. The van der Waals surface area contributed by atoms with Crippen LogP contribution in [-0.2, 0) is 11.0 Å². The minimum atomic E-state index is -4.61. The average Bonchev–Trinajstić information content (AvgIpc) is 2.84. The second-order valence-electron chi connectivity index (χ2n) is 7.24. The number of methoxy groups -OCH3 is 1. The molecule has 4 aromatic rings. The Morgan fingerprint density at radius 3 is 2.37 bits per heavy atom. The number of rotatable bonds is 7. The first-order valence-corrected chi connectivity index (χ1v) is 10.2. The number of fused-ring (bicyclic) bond motifs is 1. The van der Waals surface area contributed by atoms with E-state index in [1.54, 1.807) is 24.3 Å². The second kappa shape index (κ2) is 9.80. The predicted octanol–water partition coefficient (Wildman–Crippen LogP) is 5.63. The van der Waals surface area contributed by atoms with Crippen LogP contribution in [0.25, 0.3) is 11.0 Å². The van der Waals surface area contributed by atoms with Crippen LogP contribution in [0.1, 0.15) is 5.56 Å².